The zero-order valence-corrected chi connectivity index (χ0v) is 11.3. The van der Waals surface area contributed by atoms with Gasteiger partial charge >= 0.3 is 5.97 Å². The lowest BCUT2D eigenvalue weighted by molar-refractivity contribution is 0.0522. The second kappa shape index (κ2) is 6.28. The Kier molecular flexibility index (Phi) is 5.01. The van der Waals surface area contributed by atoms with E-state index in [4.69, 9.17) is 9.47 Å². The number of aryl methyl sites for hydroxylation is 1. The normalized spacial score (nSPS) is 12.0. The lowest BCUT2D eigenvalue weighted by Crippen LogP contribution is -2.11. The summed E-state index contributed by atoms with van der Waals surface area (Å²) in [6.45, 7) is 7.72. The van der Waals surface area contributed by atoms with Crippen LogP contribution in [0, 0.1) is 6.92 Å². The van der Waals surface area contributed by atoms with Gasteiger partial charge in [0.15, 0.2) is 0 Å². The Bertz CT molecular complexity index is 403. The Morgan fingerprint density at radius 3 is 2.56 bits per heavy atom. The Morgan fingerprint density at radius 2 is 2.06 bits per heavy atom. The van der Waals surface area contributed by atoms with E-state index >= 15 is 0 Å². The minimum Gasteiger partial charge on any atom is -0.507 e. The van der Waals surface area contributed by atoms with Gasteiger partial charge in [-0.2, -0.15) is 0 Å². The summed E-state index contributed by atoms with van der Waals surface area (Å²) in [5.74, 6) is -0.0539. The number of aromatic hydroxyl groups is 1. The molecule has 1 aromatic carbocycles. The molecule has 100 valence electrons. The fourth-order valence-electron chi connectivity index (χ4n) is 1.59. The van der Waals surface area contributed by atoms with Crippen LogP contribution in [0.5, 0.6) is 11.5 Å². The van der Waals surface area contributed by atoms with Crippen LogP contribution in [-0.2, 0) is 4.74 Å². The Labute approximate surface area is 108 Å². The van der Waals surface area contributed by atoms with E-state index in [1.165, 1.54) is 6.07 Å². The molecule has 1 unspecified atom stereocenters. The van der Waals surface area contributed by atoms with E-state index in [0.717, 1.165) is 6.42 Å². The van der Waals surface area contributed by atoms with E-state index in [1.54, 1.807) is 19.9 Å². The third-order valence-corrected chi connectivity index (χ3v) is 2.68. The molecule has 0 fully saturated rings. The molecule has 1 aromatic rings. The highest BCUT2D eigenvalue weighted by Crippen LogP contribution is 2.29. The fraction of sp³-hybridized carbons (Fsp3) is 0.500. The van der Waals surface area contributed by atoms with Gasteiger partial charge in [0.05, 0.1) is 12.7 Å². The van der Waals surface area contributed by atoms with E-state index in [9.17, 15) is 9.90 Å². The van der Waals surface area contributed by atoms with Crippen molar-refractivity contribution in [3.05, 3.63) is 23.3 Å². The molecular formula is C14H20O4. The largest absolute Gasteiger partial charge is 0.507 e. The van der Waals surface area contributed by atoms with Crippen molar-refractivity contribution in [2.75, 3.05) is 6.61 Å². The highest BCUT2D eigenvalue weighted by molar-refractivity contribution is 5.94. The first-order chi connectivity index (χ1) is 8.49. The first-order valence-corrected chi connectivity index (χ1v) is 6.16. The number of benzene rings is 1. The quantitative estimate of drug-likeness (QED) is 0.818. The standard InChI is InChI=1S/C14H20O4/c1-5-10(4)18-11-7-9(3)13(12(15)8-11)14(16)17-6-2/h7-8,10,15H,5-6H2,1-4H3. The molecule has 1 rings (SSSR count). The molecule has 4 nitrogen and oxygen atoms in total. The van der Waals surface area contributed by atoms with Gasteiger partial charge in [0, 0.05) is 6.07 Å². The van der Waals surface area contributed by atoms with Crippen LogP contribution >= 0.6 is 0 Å². The summed E-state index contributed by atoms with van der Waals surface area (Å²) in [4.78, 5) is 11.7. The van der Waals surface area contributed by atoms with Crippen molar-refractivity contribution in [1.82, 2.24) is 0 Å². The molecule has 4 heteroatoms. The van der Waals surface area contributed by atoms with E-state index < -0.39 is 5.97 Å². The smallest absolute Gasteiger partial charge is 0.342 e. The van der Waals surface area contributed by atoms with Gasteiger partial charge < -0.3 is 14.6 Å². The molecule has 0 spiro atoms. The van der Waals surface area contributed by atoms with Crippen LogP contribution in [0.2, 0.25) is 0 Å². The molecule has 0 radical (unpaired) electrons. The summed E-state index contributed by atoms with van der Waals surface area (Å²) in [7, 11) is 0. The third kappa shape index (κ3) is 3.39. The predicted molar refractivity (Wildman–Crippen MR) is 69.2 cm³/mol. The SMILES string of the molecule is CCOC(=O)c1c(C)cc(OC(C)CC)cc1O. The van der Waals surface area contributed by atoms with Crippen molar-refractivity contribution >= 4 is 5.97 Å². The molecular weight excluding hydrogens is 232 g/mol. The minimum absolute atomic E-state index is 0.0669. The molecule has 18 heavy (non-hydrogen) atoms. The van der Waals surface area contributed by atoms with Crippen LogP contribution < -0.4 is 4.74 Å². The van der Waals surface area contributed by atoms with E-state index in [-0.39, 0.29) is 24.0 Å². The second-order valence-electron chi connectivity index (χ2n) is 4.19. The van der Waals surface area contributed by atoms with Crippen molar-refractivity contribution in [3.8, 4) is 11.5 Å². The van der Waals surface area contributed by atoms with Crippen LogP contribution in [-0.4, -0.2) is 23.8 Å². The average Bonchev–Trinajstić information content (AvgIpc) is 2.28. The molecule has 0 bridgehead atoms. The van der Waals surface area contributed by atoms with Crippen molar-refractivity contribution in [3.63, 3.8) is 0 Å². The zero-order valence-electron chi connectivity index (χ0n) is 11.3. The number of carbonyl (C=O) groups is 1. The first-order valence-electron chi connectivity index (χ1n) is 6.16. The monoisotopic (exact) mass is 252 g/mol. The summed E-state index contributed by atoms with van der Waals surface area (Å²) in [5, 5.41) is 9.87. The molecule has 0 saturated carbocycles. The van der Waals surface area contributed by atoms with Gasteiger partial charge in [0.2, 0.25) is 0 Å². The molecule has 1 N–H and O–H groups in total. The van der Waals surface area contributed by atoms with Crippen LogP contribution in [0.25, 0.3) is 0 Å². The predicted octanol–water partition coefficient (Wildman–Crippen LogP) is 3.05. The van der Waals surface area contributed by atoms with E-state index in [1.807, 2.05) is 13.8 Å². The highest BCUT2D eigenvalue weighted by Gasteiger charge is 2.17. The number of carbonyl (C=O) groups excluding carboxylic acids is 1. The number of phenolic OH excluding ortho intramolecular Hbond substituents is 1. The average molecular weight is 252 g/mol. The fourth-order valence-corrected chi connectivity index (χ4v) is 1.59. The van der Waals surface area contributed by atoms with Crippen LogP contribution in [0.15, 0.2) is 12.1 Å². The first kappa shape index (κ1) is 14.4. The van der Waals surface area contributed by atoms with Crippen molar-refractivity contribution in [2.45, 2.75) is 40.2 Å². The minimum atomic E-state index is -0.511. The maximum atomic E-state index is 11.7. The van der Waals surface area contributed by atoms with Gasteiger partial charge in [-0.05, 0) is 38.8 Å². The number of ether oxygens (including phenoxy) is 2. The molecule has 0 saturated heterocycles. The summed E-state index contributed by atoms with van der Waals surface area (Å²) < 4.78 is 10.5. The number of rotatable bonds is 5. The van der Waals surface area contributed by atoms with Crippen molar-refractivity contribution < 1.29 is 19.4 Å². The molecule has 0 heterocycles. The van der Waals surface area contributed by atoms with Crippen molar-refractivity contribution in [2.24, 2.45) is 0 Å². The number of hydrogen-bond acceptors (Lipinski definition) is 4. The van der Waals surface area contributed by atoms with Gasteiger partial charge in [0.1, 0.15) is 17.1 Å². The summed E-state index contributed by atoms with van der Waals surface area (Å²) in [6, 6.07) is 3.18. The van der Waals surface area contributed by atoms with Crippen LogP contribution in [0.1, 0.15) is 43.1 Å². The van der Waals surface area contributed by atoms with Crippen molar-refractivity contribution in [1.29, 1.82) is 0 Å². The lowest BCUT2D eigenvalue weighted by atomic mass is 10.1. The maximum absolute atomic E-state index is 11.7. The lowest BCUT2D eigenvalue weighted by Gasteiger charge is -2.15. The molecule has 0 aliphatic rings. The number of esters is 1. The zero-order chi connectivity index (χ0) is 13.7. The van der Waals surface area contributed by atoms with Gasteiger partial charge in [-0.15, -0.1) is 0 Å². The summed E-state index contributed by atoms with van der Waals surface area (Å²) >= 11 is 0. The van der Waals surface area contributed by atoms with E-state index in [0.29, 0.717) is 11.3 Å². The summed E-state index contributed by atoms with van der Waals surface area (Å²) in [6.07, 6.45) is 0.941. The Hall–Kier alpha value is -1.71. The topological polar surface area (TPSA) is 55.8 Å². The molecule has 0 amide bonds. The molecule has 0 aromatic heterocycles. The van der Waals surface area contributed by atoms with Crippen LogP contribution in [0.4, 0.5) is 0 Å². The van der Waals surface area contributed by atoms with Gasteiger partial charge in [-0.3, -0.25) is 0 Å². The van der Waals surface area contributed by atoms with Gasteiger partial charge in [-0.25, -0.2) is 4.79 Å². The van der Waals surface area contributed by atoms with E-state index in [2.05, 4.69) is 0 Å². The summed E-state index contributed by atoms with van der Waals surface area (Å²) in [5.41, 5.74) is 0.847. The highest BCUT2D eigenvalue weighted by atomic mass is 16.5. The molecule has 0 aliphatic carbocycles. The van der Waals surface area contributed by atoms with Crippen LogP contribution in [0.3, 0.4) is 0 Å². The number of hydrogen-bond donors (Lipinski definition) is 1. The second-order valence-corrected chi connectivity index (χ2v) is 4.19. The number of phenols is 1. The molecule has 1 atom stereocenters. The Morgan fingerprint density at radius 1 is 1.39 bits per heavy atom. The maximum Gasteiger partial charge on any atom is 0.342 e. The van der Waals surface area contributed by atoms with Gasteiger partial charge in [0.25, 0.3) is 0 Å². The third-order valence-electron chi connectivity index (χ3n) is 2.68. The molecule has 0 aliphatic heterocycles. The Balaban J connectivity index is 3.01. The van der Waals surface area contributed by atoms with Gasteiger partial charge in [-0.1, -0.05) is 6.92 Å².